The number of hydrogen-bond acceptors (Lipinski definition) is 17. The summed E-state index contributed by atoms with van der Waals surface area (Å²) in [5.74, 6) is -1.98. The number of carbonyl (C=O) groups is 2. The number of ketones is 1. The van der Waals surface area contributed by atoms with Crippen LogP contribution in [0.25, 0.3) is 11.2 Å². The number of aliphatic hydroxyl groups excluding tert-OH is 2. The molecule has 2 aromatic carbocycles. The third-order valence-electron chi connectivity index (χ3n) is 8.20. The molecule has 1 aliphatic heterocycles. The van der Waals surface area contributed by atoms with Gasteiger partial charge in [-0.05, 0) is 43.4 Å². The molecule has 6 atom stereocenters. The maximum atomic E-state index is 13.2. The lowest BCUT2D eigenvalue weighted by Gasteiger charge is -2.18. The molecule has 26 heteroatoms. The third kappa shape index (κ3) is 12.2. The molecule has 4 aromatic rings. The number of phosphoric ester groups is 1. The Morgan fingerprint density at radius 1 is 0.930 bits per heavy atom. The number of esters is 1. The highest BCUT2D eigenvalue weighted by Gasteiger charge is 2.45. The van der Waals surface area contributed by atoms with Gasteiger partial charge in [-0.25, -0.2) is 23.5 Å². The summed E-state index contributed by atoms with van der Waals surface area (Å²) >= 11 is 0. The van der Waals surface area contributed by atoms with Crippen molar-refractivity contribution >= 4 is 52.3 Å². The molecule has 0 saturated carbocycles. The normalized spacial score (nSPS) is 20.4. The fourth-order valence-electron chi connectivity index (χ4n) is 5.40. The minimum atomic E-state index is -5.85. The number of nitrogen functional groups attached to an aromatic ring is 1. The second-order valence-electron chi connectivity index (χ2n) is 12.0. The highest BCUT2D eigenvalue weighted by Crippen LogP contribution is 2.66. The van der Waals surface area contributed by atoms with Gasteiger partial charge in [0, 0.05) is 11.1 Å². The van der Waals surface area contributed by atoms with Crippen LogP contribution in [0.15, 0.2) is 59.7 Å². The summed E-state index contributed by atoms with van der Waals surface area (Å²) in [5.41, 5.74) is 4.19. The molecule has 1 fully saturated rings. The lowest BCUT2D eigenvalue weighted by atomic mass is 9.97. The van der Waals surface area contributed by atoms with Crippen LogP contribution in [-0.4, -0.2) is 111 Å². The first-order valence-electron chi connectivity index (χ1n) is 16.8. The summed E-state index contributed by atoms with van der Waals surface area (Å²) in [7, 11) is -17.1. The molecule has 3 heterocycles. The molecule has 57 heavy (non-hydrogen) atoms. The first-order valence-corrected chi connectivity index (χ1v) is 21.4. The van der Waals surface area contributed by atoms with E-state index in [1.807, 2.05) is 0 Å². The van der Waals surface area contributed by atoms with Crippen molar-refractivity contribution in [3.63, 3.8) is 0 Å². The zero-order chi connectivity index (χ0) is 42.3. The number of nitrogens with zero attached hydrogens (tertiary/aromatic N) is 4. The molecule has 5 rings (SSSR count). The van der Waals surface area contributed by atoms with Crippen LogP contribution in [0, 0.1) is 0 Å². The number of phosphoric acid groups is 3. The summed E-state index contributed by atoms with van der Waals surface area (Å²) in [6.07, 6.45) is -4.75. The van der Waals surface area contributed by atoms with Crippen molar-refractivity contribution in [3.05, 3.63) is 87.5 Å². The molecule has 1 saturated heterocycles. The van der Waals surface area contributed by atoms with Crippen LogP contribution in [0.5, 0.6) is 0 Å². The van der Waals surface area contributed by atoms with E-state index in [1.54, 1.807) is 18.2 Å². The second kappa shape index (κ2) is 19.2. The number of fused-ring (bicyclic) bond motifs is 1. The first kappa shape index (κ1) is 45.7. The number of imidazole rings is 1. The summed E-state index contributed by atoms with van der Waals surface area (Å²) in [4.78, 5) is 87.8. The van der Waals surface area contributed by atoms with Gasteiger partial charge in [-0.15, -0.1) is 0 Å². The minimum absolute atomic E-state index is 0.0611. The van der Waals surface area contributed by atoms with Crippen molar-refractivity contribution < 1.29 is 75.7 Å². The van der Waals surface area contributed by atoms with Gasteiger partial charge in [0.15, 0.2) is 23.2 Å². The molecule has 2 aromatic heterocycles. The third-order valence-corrected chi connectivity index (χ3v) is 12.0. The van der Waals surface area contributed by atoms with E-state index in [0.717, 1.165) is 29.1 Å². The van der Waals surface area contributed by atoms with E-state index in [1.165, 1.54) is 31.8 Å². The molecule has 0 spiro atoms. The number of rotatable bonds is 16. The Morgan fingerprint density at radius 2 is 1.58 bits per heavy atom. The van der Waals surface area contributed by atoms with E-state index in [-0.39, 0.29) is 39.4 Å². The number of H-pyrrole nitrogens is 1. The Morgan fingerprint density at radius 3 is 2.18 bits per heavy atom. The van der Waals surface area contributed by atoms with Crippen LogP contribution >= 0.6 is 23.5 Å². The molecule has 23 nitrogen and oxygen atoms in total. The average molecular weight is 863 g/mol. The van der Waals surface area contributed by atoms with Gasteiger partial charge in [0.05, 0.1) is 18.5 Å². The fourth-order valence-corrected chi connectivity index (χ4v) is 8.40. The summed E-state index contributed by atoms with van der Waals surface area (Å²) in [6, 6.07) is 10.9. The predicted octanol–water partition coefficient (Wildman–Crippen LogP) is 1.60. The molecule has 0 bridgehead atoms. The summed E-state index contributed by atoms with van der Waals surface area (Å²) < 4.78 is 59.2. The number of aliphatic hydroxyl groups is 2. The number of ether oxygens (including phenoxy) is 2. The number of nitrogens with two attached hydrogens (primary N) is 1. The summed E-state index contributed by atoms with van der Waals surface area (Å²) in [5, 5.41) is 21.3. The van der Waals surface area contributed by atoms with Gasteiger partial charge in [0.25, 0.3) is 5.56 Å². The van der Waals surface area contributed by atoms with Crippen LogP contribution in [0.4, 0.5) is 5.95 Å². The predicted molar refractivity (Wildman–Crippen MR) is 197 cm³/mol. The lowest BCUT2D eigenvalue weighted by molar-refractivity contribution is -0.0565. The van der Waals surface area contributed by atoms with E-state index in [9.17, 15) is 48.1 Å². The number of anilines is 1. The zero-order valence-corrected chi connectivity index (χ0v) is 33.1. The van der Waals surface area contributed by atoms with Gasteiger partial charge in [-0.2, -0.15) is 13.6 Å². The van der Waals surface area contributed by atoms with Gasteiger partial charge in [0.1, 0.15) is 24.9 Å². The second-order valence-corrected chi connectivity index (χ2v) is 16.4. The maximum absolute atomic E-state index is 13.2. The quantitative estimate of drug-likeness (QED) is 0.0450. The van der Waals surface area contributed by atoms with Crippen molar-refractivity contribution in [1.29, 1.82) is 0 Å². The van der Waals surface area contributed by atoms with Crippen molar-refractivity contribution in [2.75, 3.05) is 32.0 Å². The smallest absolute Gasteiger partial charge is 0.459 e. The first-order chi connectivity index (χ1) is 26.7. The van der Waals surface area contributed by atoms with Crippen molar-refractivity contribution in [2.24, 2.45) is 0 Å². The highest BCUT2D eigenvalue weighted by atomic mass is 31.3. The minimum Gasteiger partial charge on any atom is -0.459 e. The van der Waals surface area contributed by atoms with E-state index in [4.69, 9.17) is 25.0 Å². The van der Waals surface area contributed by atoms with E-state index in [0.29, 0.717) is 0 Å². The van der Waals surface area contributed by atoms with Crippen LogP contribution in [0.1, 0.15) is 58.8 Å². The largest absolute Gasteiger partial charge is 0.490 e. The topological polar surface area (TPSA) is 346 Å². The Kier molecular flexibility index (Phi) is 15.4. The Labute approximate surface area is 323 Å². The van der Waals surface area contributed by atoms with Crippen molar-refractivity contribution in [2.45, 2.75) is 51.9 Å². The monoisotopic (exact) mass is 862 g/mol. The van der Waals surface area contributed by atoms with Gasteiger partial charge in [-0.1, -0.05) is 51.1 Å². The lowest BCUT2D eigenvalue weighted by Crippen LogP contribution is -2.34. The van der Waals surface area contributed by atoms with Gasteiger partial charge in [0.2, 0.25) is 5.95 Å². The number of nitrogens with one attached hydrogen (secondary N) is 1. The van der Waals surface area contributed by atoms with Crippen LogP contribution in [-0.2, 0) is 42.9 Å². The SMILES string of the molecule is CCN(CC)CC.Nc1nc2c(ncn2[C@@H]2O[C@H](COC(=O)c3ccc(C(=O)c4ccccc4)c(COP(=O)(O)OP(=O)(O)OP(=O)(O)O)c3)[C@@H](O)[C@H]2O)c(=O)[nH]1. The maximum Gasteiger partial charge on any atom is 0.490 e. The molecule has 2 unspecified atom stereocenters. The number of carbonyl (C=O) groups excluding carboxylic acids is 2. The molecule has 0 aliphatic carbocycles. The number of hydrogen-bond donors (Lipinski definition) is 8. The van der Waals surface area contributed by atoms with Gasteiger partial charge in [-0.3, -0.25) is 23.7 Å². The molecule has 1 aliphatic rings. The number of aromatic nitrogens is 4. The van der Waals surface area contributed by atoms with E-state index in [2.05, 4.69) is 53.8 Å². The molecule has 9 N–H and O–H groups in total. The number of benzene rings is 2. The van der Waals surface area contributed by atoms with E-state index >= 15 is 0 Å². The summed E-state index contributed by atoms with van der Waals surface area (Å²) in [6.45, 7) is 8.44. The highest BCUT2D eigenvalue weighted by molar-refractivity contribution is 7.66. The van der Waals surface area contributed by atoms with E-state index < -0.39 is 78.5 Å². The van der Waals surface area contributed by atoms with Crippen LogP contribution < -0.4 is 11.3 Å². The molecule has 312 valence electrons. The molecule has 0 amide bonds. The standard InChI is InChI=1S/C25H26N5O17P3.C6H15N/c26-25-28-21-17(22(34)29-25)27-11-30(21)23-20(33)19(32)16(45-23)10-43-24(35)13-6-7-15(18(31)12-4-2-1-3-5-12)14(8-13)9-44-49(39,40)47-50(41,42)46-48(36,37)38;1-4-7(5-2)6-3/h1-8,11,16,19-20,23,32-33H,9-10H2,(H,39,40)(H,41,42)(H2,36,37,38)(H3,26,28,29,34);4-6H2,1-3H3/t16-,19-,20-,23-;/m1./s1. The molecule has 0 radical (unpaired) electrons. The molecular formula is C31H41N6O17P3. The van der Waals surface area contributed by atoms with Crippen molar-refractivity contribution in [3.8, 4) is 0 Å². The average Bonchev–Trinajstić information content (AvgIpc) is 3.68. The zero-order valence-electron chi connectivity index (χ0n) is 30.4. The van der Waals surface area contributed by atoms with Gasteiger partial charge >= 0.3 is 29.4 Å². The van der Waals surface area contributed by atoms with Crippen LogP contribution in [0.2, 0.25) is 0 Å². The van der Waals surface area contributed by atoms with Gasteiger partial charge < -0.3 is 49.9 Å². The Bertz CT molecular complexity index is 2240. The number of aromatic amines is 1. The molecular weight excluding hydrogens is 821 g/mol. The van der Waals surface area contributed by atoms with Crippen LogP contribution in [0.3, 0.4) is 0 Å². The van der Waals surface area contributed by atoms with Crippen molar-refractivity contribution in [1.82, 2.24) is 24.4 Å². The fraction of sp³-hybridized carbons (Fsp3) is 0.387. The Balaban J connectivity index is 0.000000940. The Hall–Kier alpha value is -4.02.